The van der Waals surface area contributed by atoms with Gasteiger partial charge in [-0.15, -0.1) is 0 Å². The van der Waals surface area contributed by atoms with E-state index in [2.05, 4.69) is 35.3 Å². The van der Waals surface area contributed by atoms with Gasteiger partial charge < -0.3 is 16.0 Å². The van der Waals surface area contributed by atoms with Crippen LogP contribution in [0.25, 0.3) is 0 Å². The lowest BCUT2D eigenvalue weighted by Gasteiger charge is -2.17. The summed E-state index contributed by atoms with van der Waals surface area (Å²) < 4.78 is 0. The Balaban J connectivity index is 2.06. The van der Waals surface area contributed by atoms with Crippen molar-refractivity contribution in [2.75, 3.05) is 24.3 Å². The van der Waals surface area contributed by atoms with Crippen LogP contribution in [0.4, 0.5) is 11.4 Å². The molecule has 0 saturated heterocycles. The Hall–Kier alpha value is -2.49. The summed E-state index contributed by atoms with van der Waals surface area (Å²) in [5, 5.41) is 3.39. The van der Waals surface area contributed by atoms with Gasteiger partial charge in [0.25, 0.3) is 0 Å². The quantitative estimate of drug-likeness (QED) is 0.887. The molecular weight excluding hydrogens is 262 g/mol. The summed E-state index contributed by atoms with van der Waals surface area (Å²) in [6, 6.07) is 13.6. The average Bonchev–Trinajstić information content (AvgIpc) is 2.46. The van der Waals surface area contributed by atoms with Gasteiger partial charge in [0.1, 0.15) is 0 Å². The average molecular weight is 283 g/mol. The highest BCUT2D eigenvalue weighted by atomic mass is 16.1. The van der Waals surface area contributed by atoms with E-state index in [1.807, 2.05) is 26.2 Å². The summed E-state index contributed by atoms with van der Waals surface area (Å²) in [5.74, 6) is -0.399. The van der Waals surface area contributed by atoms with Crippen LogP contribution in [0.5, 0.6) is 0 Å². The molecule has 0 aliphatic rings. The molecule has 4 heteroatoms. The second-order valence-electron chi connectivity index (χ2n) is 5.31. The van der Waals surface area contributed by atoms with Crippen molar-refractivity contribution in [3.8, 4) is 0 Å². The minimum absolute atomic E-state index is 0.399. The molecule has 2 aromatic carbocycles. The summed E-state index contributed by atoms with van der Waals surface area (Å²) >= 11 is 0. The van der Waals surface area contributed by atoms with Crippen LogP contribution in [0.2, 0.25) is 0 Å². The second kappa shape index (κ2) is 6.31. The fourth-order valence-corrected chi connectivity index (χ4v) is 2.19. The Morgan fingerprint density at radius 3 is 2.38 bits per heavy atom. The molecule has 3 N–H and O–H groups in total. The van der Waals surface area contributed by atoms with Gasteiger partial charge in [-0.2, -0.15) is 0 Å². The van der Waals surface area contributed by atoms with Crippen molar-refractivity contribution in [3.63, 3.8) is 0 Å². The Kier molecular flexibility index (Phi) is 4.48. The molecule has 0 aromatic heterocycles. The molecule has 1 amide bonds. The van der Waals surface area contributed by atoms with Gasteiger partial charge in [-0.1, -0.05) is 18.2 Å². The fraction of sp³-hybridized carbons (Fsp3) is 0.235. The smallest absolute Gasteiger partial charge is 0.248 e. The molecule has 0 fully saturated rings. The standard InChI is InChI=1S/C17H21N3O/c1-12-4-9-15(10-16(12)20(2)3)19-11-13-5-7-14(8-6-13)17(18)21/h4-10,19H,11H2,1-3H3,(H2,18,21). The van der Waals surface area contributed by atoms with E-state index in [-0.39, 0.29) is 0 Å². The molecule has 4 nitrogen and oxygen atoms in total. The first-order valence-corrected chi connectivity index (χ1v) is 6.88. The topological polar surface area (TPSA) is 58.4 Å². The number of hydrogen-bond donors (Lipinski definition) is 2. The summed E-state index contributed by atoms with van der Waals surface area (Å²) in [6.45, 7) is 2.80. The maximum absolute atomic E-state index is 11.0. The molecule has 0 saturated carbocycles. The van der Waals surface area contributed by atoms with Crippen molar-refractivity contribution in [2.24, 2.45) is 5.73 Å². The van der Waals surface area contributed by atoms with Crippen LogP contribution in [-0.2, 0) is 6.54 Å². The minimum Gasteiger partial charge on any atom is -0.381 e. The van der Waals surface area contributed by atoms with E-state index in [0.29, 0.717) is 12.1 Å². The molecule has 110 valence electrons. The van der Waals surface area contributed by atoms with Gasteiger partial charge in [0.2, 0.25) is 5.91 Å². The third-order valence-electron chi connectivity index (χ3n) is 3.43. The second-order valence-corrected chi connectivity index (χ2v) is 5.31. The number of carbonyl (C=O) groups is 1. The van der Waals surface area contributed by atoms with Crippen LogP contribution < -0.4 is 16.0 Å². The first-order chi connectivity index (χ1) is 9.97. The van der Waals surface area contributed by atoms with E-state index >= 15 is 0 Å². The molecule has 0 atom stereocenters. The molecule has 0 spiro atoms. The highest BCUT2D eigenvalue weighted by molar-refractivity contribution is 5.92. The number of amides is 1. The van der Waals surface area contributed by atoms with Crippen molar-refractivity contribution in [2.45, 2.75) is 13.5 Å². The monoisotopic (exact) mass is 283 g/mol. The lowest BCUT2D eigenvalue weighted by Crippen LogP contribution is -2.11. The fourth-order valence-electron chi connectivity index (χ4n) is 2.19. The van der Waals surface area contributed by atoms with Crippen molar-refractivity contribution in [3.05, 3.63) is 59.2 Å². The number of nitrogens with one attached hydrogen (secondary N) is 1. The number of rotatable bonds is 5. The number of aryl methyl sites for hydroxylation is 1. The van der Waals surface area contributed by atoms with Crippen LogP contribution >= 0.6 is 0 Å². The Morgan fingerprint density at radius 1 is 1.14 bits per heavy atom. The van der Waals surface area contributed by atoms with Gasteiger partial charge in [0, 0.05) is 37.6 Å². The van der Waals surface area contributed by atoms with Crippen LogP contribution in [0.3, 0.4) is 0 Å². The number of benzene rings is 2. The molecule has 0 radical (unpaired) electrons. The summed E-state index contributed by atoms with van der Waals surface area (Å²) in [5.41, 5.74) is 10.4. The van der Waals surface area contributed by atoms with Crippen LogP contribution in [0.1, 0.15) is 21.5 Å². The SMILES string of the molecule is Cc1ccc(NCc2ccc(C(N)=O)cc2)cc1N(C)C. The van der Waals surface area contributed by atoms with Crippen molar-refractivity contribution >= 4 is 17.3 Å². The number of hydrogen-bond acceptors (Lipinski definition) is 3. The maximum atomic E-state index is 11.0. The number of primary amides is 1. The van der Waals surface area contributed by atoms with E-state index in [1.54, 1.807) is 12.1 Å². The minimum atomic E-state index is -0.399. The van der Waals surface area contributed by atoms with Crippen LogP contribution in [0.15, 0.2) is 42.5 Å². The van der Waals surface area contributed by atoms with Gasteiger partial charge >= 0.3 is 0 Å². The molecule has 0 unspecified atom stereocenters. The molecule has 2 rings (SSSR count). The Bertz CT molecular complexity index is 633. The Morgan fingerprint density at radius 2 is 1.81 bits per heavy atom. The zero-order valence-corrected chi connectivity index (χ0v) is 12.7. The van der Waals surface area contributed by atoms with E-state index in [4.69, 9.17) is 5.73 Å². The number of anilines is 2. The molecule has 0 aliphatic carbocycles. The van der Waals surface area contributed by atoms with E-state index < -0.39 is 5.91 Å². The zero-order valence-electron chi connectivity index (χ0n) is 12.7. The molecule has 21 heavy (non-hydrogen) atoms. The summed E-state index contributed by atoms with van der Waals surface area (Å²) in [4.78, 5) is 13.1. The van der Waals surface area contributed by atoms with Crippen molar-refractivity contribution in [1.29, 1.82) is 0 Å². The molecule has 0 bridgehead atoms. The molecular formula is C17H21N3O. The van der Waals surface area contributed by atoms with Crippen molar-refractivity contribution < 1.29 is 4.79 Å². The largest absolute Gasteiger partial charge is 0.381 e. The Labute approximate surface area is 125 Å². The van der Waals surface area contributed by atoms with Gasteiger partial charge in [0.15, 0.2) is 0 Å². The summed E-state index contributed by atoms with van der Waals surface area (Å²) in [6.07, 6.45) is 0. The first kappa shape index (κ1) is 14.9. The van der Waals surface area contributed by atoms with Gasteiger partial charge in [-0.3, -0.25) is 4.79 Å². The highest BCUT2D eigenvalue weighted by Gasteiger charge is 2.03. The van der Waals surface area contributed by atoms with E-state index in [1.165, 1.54) is 11.3 Å². The predicted molar refractivity (Wildman–Crippen MR) is 87.8 cm³/mol. The third-order valence-corrected chi connectivity index (χ3v) is 3.43. The zero-order chi connectivity index (χ0) is 15.4. The van der Waals surface area contributed by atoms with E-state index in [0.717, 1.165) is 11.3 Å². The van der Waals surface area contributed by atoms with Gasteiger partial charge in [0.05, 0.1) is 0 Å². The van der Waals surface area contributed by atoms with Crippen LogP contribution in [-0.4, -0.2) is 20.0 Å². The van der Waals surface area contributed by atoms with Crippen molar-refractivity contribution in [1.82, 2.24) is 0 Å². The highest BCUT2D eigenvalue weighted by Crippen LogP contribution is 2.22. The predicted octanol–water partition coefficient (Wildman–Crippen LogP) is 2.77. The first-order valence-electron chi connectivity index (χ1n) is 6.88. The third kappa shape index (κ3) is 3.75. The number of nitrogens with zero attached hydrogens (tertiary/aromatic N) is 1. The molecule has 0 heterocycles. The lowest BCUT2D eigenvalue weighted by molar-refractivity contribution is 0.100. The normalized spacial score (nSPS) is 10.2. The molecule has 2 aromatic rings. The number of carbonyl (C=O) groups excluding carboxylic acids is 1. The maximum Gasteiger partial charge on any atom is 0.248 e. The van der Waals surface area contributed by atoms with Gasteiger partial charge in [-0.05, 0) is 42.3 Å². The van der Waals surface area contributed by atoms with E-state index in [9.17, 15) is 4.79 Å². The lowest BCUT2D eigenvalue weighted by atomic mass is 10.1. The molecule has 0 aliphatic heterocycles. The van der Waals surface area contributed by atoms with Gasteiger partial charge in [-0.25, -0.2) is 0 Å². The number of nitrogens with two attached hydrogens (primary N) is 1. The van der Waals surface area contributed by atoms with Crippen LogP contribution in [0, 0.1) is 6.92 Å². The summed E-state index contributed by atoms with van der Waals surface area (Å²) in [7, 11) is 4.07.